The number of aryl methyl sites for hydroxylation is 3. The van der Waals surface area contributed by atoms with Crippen molar-refractivity contribution in [3.63, 3.8) is 0 Å². The van der Waals surface area contributed by atoms with Gasteiger partial charge in [0.1, 0.15) is 0 Å². The van der Waals surface area contributed by atoms with Crippen LogP contribution in [0.5, 0.6) is 0 Å². The summed E-state index contributed by atoms with van der Waals surface area (Å²) in [6.45, 7) is 3.68. The summed E-state index contributed by atoms with van der Waals surface area (Å²) in [4.78, 5) is 11.7. The van der Waals surface area contributed by atoms with E-state index in [9.17, 15) is 4.79 Å². The molecule has 1 amide bonds. The molecule has 94 valence electrons. The number of amides is 1. The van der Waals surface area contributed by atoms with Crippen LogP contribution >= 0.6 is 0 Å². The molecule has 0 bridgehead atoms. The minimum absolute atomic E-state index is 0.0554. The van der Waals surface area contributed by atoms with E-state index in [0.29, 0.717) is 24.6 Å². The number of aromatic nitrogens is 2. The average molecular weight is 245 g/mol. The summed E-state index contributed by atoms with van der Waals surface area (Å²) in [5.74, 6) is 0.955. The van der Waals surface area contributed by atoms with Crippen molar-refractivity contribution < 1.29 is 9.21 Å². The molecule has 1 aromatic heterocycles. The van der Waals surface area contributed by atoms with Crippen LogP contribution in [0.2, 0.25) is 0 Å². The number of anilines is 1. The SMILES string of the molecule is Cc1nnc(CCC(=O)Nc2ccccc2C)o1. The summed E-state index contributed by atoms with van der Waals surface area (Å²) in [6.07, 6.45) is 0.786. The Kier molecular flexibility index (Phi) is 3.72. The summed E-state index contributed by atoms with van der Waals surface area (Å²) in [7, 11) is 0. The highest BCUT2D eigenvalue weighted by Gasteiger charge is 2.08. The summed E-state index contributed by atoms with van der Waals surface area (Å²) >= 11 is 0. The highest BCUT2D eigenvalue weighted by Crippen LogP contribution is 2.13. The van der Waals surface area contributed by atoms with Crippen molar-refractivity contribution in [2.75, 3.05) is 5.32 Å². The molecule has 0 fully saturated rings. The van der Waals surface area contributed by atoms with Crippen LogP contribution in [0.4, 0.5) is 5.69 Å². The lowest BCUT2D eigenvalue weighted by molar-refractivity contribution is -0.116. The third kappa shape index (κ3) is 3.16. The number of nitrogens with zero attached hydrogens (tertiary/aromatic N) is 2. The Hall–Kier alpha value is -2.17. The van der Waals surface area contributed by atoms with Crippen LogP contribution in [0.15, 0.2) is 28.7 Å². The molecule has 0 aliphatic rings. The van der Waals surface area contributed by atoms with Crippen molar-refractivity contribution in [1.82, 2.24) is 10.2 Å². The first kappa shape index (κ1) is 12.3. The van der Waals surface area contributed by atoms with Gasteiger partial charge in [-0.05, 0) is 18.6 Å². The minimum atomic E-state index is -0.0554. The van der Waals surface area contributed by atoms with Gasteiger partial charge in [0.25, 0.3) is 0 Å². The third-order valence-corrected chi connectivity index (χ3v) is 2.55. The van der Waals surface area contributed by atoms with Crippen LogP contribution in [0.3, 0.4) is 0 Å². The molecule has 5 heteroatoms. The van der Waals surface area contributed by atoms with Gasteiger partial charge in [-0.25, -0.2) is 0 Å². The summed E-state index contributed by atoms with van der Waals surface area (Å²) in [5, 5.41) is 10.4. The molecule has 0 saturated heterocycles. The van der Waals surface area contributed by atoms with Gasteiger partial charge < -0.3 is 9.73 Å². The summed E-state index contributed by atoms with van der Waals surface area (Å²) in [5.41, 5.74) is 1.88. The molecule has 0 radical (unpaired) electrons. The van der Waals surface area contributed by atoms with Crippen molar-refractivity contribution in [3.8, 4) is 0 Å². The maximum Gasteiger partial charge on any atom is 0.224 e. The second kappa shape index (κ2) is 5.44. The molecule has 0 aliphatic heterocycles. The van der Waals surface area contributed by atoms with Gasteiger partial charge in [0, 0.05) is 25.5 Å². The maximum atomic E-state index is 11.7. The number of rotatable bonds is 4. The molecule has 5 nitrogen and oxygen atoms in total. The lowest BCUT2D eigenvalue weighted by Gasteiger charge is -2.06. The number of hydrogen-bond acceptors (Lipinski definition) is 4. The normalized spacial score (nSPS) is 10.3. The van der Waals surface area contributed by atoms with Gasteiger partial charge in [0.15, 0.2) is 0 Å². The van der Waals surface area contributed by atoms with Crippen molar-refractivity contribution >= 4 is 11.6 Å². The van der Waals surface area contributed by atoms with Crippen LogP contribution in [0, 0.1) is 13.8 Å². The van der Waals surface area contributed by atoms with Crippen LogP contribution in [0.25, 0.3) is 0 Å². The average Bonchev–Trinajstić information content (AvgIpc) is 2.76. The van der Waals surface area contributed by atoms with Gasteiger partial charge in [-0.2, -0.15) is 0 Å². The minimum Gasteiger partial charge on any atom is -0.426 e. The Labute approximate surface area is 105 Å². The Morgan fingerprint density at radius 3 is 2.72 bits per heavy atom. The largest absolute Gasteiger partial charge is 0.426 e. The van der Waals surface area contributed by atoms with E-state index in [1.165, 1.54) is 0 Å². The number of para-hydroxylation sites is 1. The lowest BCUT2D eigenvalue weighted by atomic mass is 10.2. The number of benzene rings is 1. The smallest absolute Gasteiger partial charge is 0.224 e. The summed E-state index contributed by atoms with van der Waals surface area (Å²) < 4.78 is 5.21. The second-order valence-electron chi connectivity index (χ2n) is 4.08. The highest BCUT2D eigenvalue weighted by molar-refractivity contribution is 5.91. The Morgan fingerprint density at radius 1 is 1.28 bits per heavy atom. The molecule has 1 heterocycles. The van der Waals surface area contributed by atoms with Crippen LogP contribution in [0.1, 0.15) is 23.8 Å². The van der Waals surface area contributed by atoms with E-state index in [2.05, 4.69) is 15.5 Å². The zero-order valence-corrected chi connectivity index (χ0v) is 10.4. The molecule has 0 spiro atoms. The highest BCUT2D eigenvalue weighted by atomic mass is 16.4. The van der Waals surface area contributed by atoms with E-state index in [4.69, 9.17) is 4.42 Å². The van der Waals surface area contributed by atoms with E-state index < -0.39 is 0 Å². The van der Waals surface area contributed by atoms with E-state index in [-0.39, 0.29) is 5.91 Å². The van der Waals surface area contributed by atoms with E-state index in [1.54, 1.807) is 6.92 Å². The number of carbonyl (C=O) groups excluding carboxylic acids is 1. The van der Waals surface area contributed by atoms with Gasteiger partial charge in [0.2, 0.25) is 17.7 Å². The van der Waals surface area contributed by atoms with Crippen molar-refractivity contribution in [1.29, 1.82) is 0 Å². The number of nitrogens with one attached hydrogen (secondary N) is 1. The molecule has 0 atom stereocenters. The van der Waals surface area contributed by atoms with Crippen LogP contribution in [-0.4, -0.2) is 16.1 Å². The monoisotopic (exact) mass is 245 g/mol. The Balaban J connectivity index is 1.88. The number of carbonyl (C=O) groups is 1. The van der Waals surface area contributed by atoms with E-state index in [1.807, 2.05) is 31.2 Å². The molecule has 1 aromatic carbocycles. The van der Waals surface area contributed by atoms with Gasteiger partial charge in [-0.3, -0.25) is 4.79 Å². The zero-order valence-electron chi connectivity index (χ0n) is 10.4. The fourth-order valence-corrected chi connectivity index (χ4v) is 1.58. The van der Waals surface area contributed by atoms with Crippen LogP contribution in [-0.2, 0) is 11.2 Å². The van der Waals surface area contributed by atoms with Crippen molar-refractivity contribution in [2.45, 2.75) is 26.7 Å². The van der Waals surface area contributed by atoms with E-state index in [0.717, 1.165) is 11.3 Å². The predicted molar refractivity (Wildman–Crippen MR) is 67.2 cm³/mol. The molecule has 2 aromatic rings. The summed E-state index contributed by atoms with van der Waals surface area (Å²) in [6, 6.07) is 7.66. The predicted octanol–water partition coefficient (Wildman–Crippen LogP) is 2.26. The molecule has 0 aliphatic carbocycles. The lowest BCUT2D eigenvalue weighted by Crippen LogP contribution is -2.13. The fourth-order valence-electron chi connectivity index (χ4n) is 1.58. The quantitative estimate of drug-likeness (QED) is 0.897. The first-order chi connectivity index (χ1) is 8.65. The van der Waals surface area contributed by atoms with Gasteiger partial charge in [-0.1, -0.05) is 18.2 Å². The third-order valence-electron chi connectivity index (χ3n) is 2.55. The van der Waals surface area contributed by atoms with Crippen molar-refractivity contribution in [3.05, 3.63) is 41.6 Å². The van der Waals surface area contributed by atoms with Crippen molar-refractivity contribution in [2.24, 2.45) is 0 Å². The van der Waals surface area contributed by atoms with Gasteiger partial charge in [0.05, 0.1) is 0 Å². The molecule has 18 heavy (non-hydrogen) atoms. The Morgan fingerprint density at radius 2 is 2.06 bits per heavy atom. The first-order valence-corrected chi connectivity index (χ1v) is 5.79. The molecule has 0 unspecified atom stereocenters. The molecule has 2 rings (SSSR count). The van der Waals surface area contributed by atoms with Gasteiger partial charge >= 0.3 is 0 Å². The topological polar surface area (TPSA) is 68.0 Å². The fraction of sp³-hybridized carbons (Fsp3) is 0.308. The van der Waals surface area contributed by atoms with Gasteiger partial charge in [-0.15, -0.1) is 10.2 Å². The molecule has 1 N–H and O–H groups in total. The van der Waals surface area contributed by atoms with E-state index >= 15 is 0 Å². The second-order valence-corrected chi connectivity index (χ2v) is 4.08. The zero-order chi connectivity index (χ0) is 13.0. The van der Waals surface area contributed by atoms with Crippen LogP contribution < -0.4 is 5.32 Å². The maximum absolute atomic E-state index is 11.7. The molecular formula is C13H15N3O2. The first-order valence-electron chi connectivity index (χ1n) is 5.79. The molecule has 0 saturated carbocycles. The molecular weight excluding hydrogens is 230 g/mol. The standard InChI is InChI=1S/C13H15N3O2/c1-9-5-3-4-6-11(9)14-12(17)7-8-13-16-15-10(2)18-13/h3-6H,7-8H2,1-2H3,(H,14,17). The number of hydrogen-bond donors (Lipinski definition) is 1. The Bertz CT molecular complexity index is 549.